The molecule has 0 bridgehead atoms. The normalized spacial score (nSPS) is 12.7. The first kappa shape index (κ1) is 16.2. The summed E-state index contributed by atoms with van der Waals surface area (Å²) >= 11 is 0. The van der Waals surface area contributed by atoms with Gasteiger partial charge in [-0.2, -0.15) is 0 Å². The van der Waals surface area contributed by atoms with Crippen molar-refractivity contribution >= 4 is 0 Å². The van der Waals surface area contributed by atoms with Crippen LogP contribution in [0.1, 0.15) is 46.1 Å². The van der Waals surface area contributed by atoms with Crippen LogP contribution >= 0.6 is 0 Å². The van der Waals surface area contributed by atoms with Gasteiger partial charge in [0, 0.05) is 30.5 Å². The predicted molar refractivity (Wildman–Crippen MR) is 82.4 cm³/mol. The van der Waals surface area contributed by atoms with E-state index in [4.69, 9.17) is 0 Å². The smallest absolute Gasteiger partial charge is 0.0499 e. The van der Waals surface area contributed by atoms with E-state index >= 15 is 0 Å². The first-order valence-corrected chi connectivity index (χ1v) is 7.37. The quantitative estimate of drug-likeness (QED) is 0.754. The lowest BCUT2D eigenvalue weighted by atomic mass is 9.81. The average Bonchev–Trinajstić information content (AvgIpc) is 2.45. The molecule has 0 fully saturated rings. The molecule has 0 spiro atoms. The molecule has 1 aromatic carbocycles. The van der Waals surface area contributed by atoms with Crippen LogP contribution in [0.5, 0.6) is 0 Å². The van der Waals surface area contributed by atoms with Crippen molar-refractivity contribution in [3.8, 4) is 0 Å². The van der Waals surface area contributed by atoms with E-state index in [0.29, 0.717) is 0 Å². The first-order valence-electron chi connectivity index (χ1n) is 7.37. The van der Waals surface area contributed by atoms with Gasteiger partial charge in [-0.15, -0.1) is 0 Å². The maximum atomic E-state index is 9.58. The van der Waals surface area contributed by atoms with Gasteiger partial charge >= 0.3 is 0 Å². The fourth-order valence-corrected chi connectivity index (χ4v) is 2.41. The second kappa shape index (κ2) is 7.06. The van der Waals surface area contributed by atoms with Gasteiger partial charge in [-0.05, 0) is 18.4 Å². The number of rotatable bonds is 8. The van der Waals surface area contributed by atoms with E-state index in [0.717, 1.165) is 25.9 Å². The minimum absolute atomic E-state index is 0.0345. The number of hydrogen-bond donors (Lipinski definition) is 2. The Morgan fingerprint density at radius 3 is 2.05 bits per heavy atom. The molecule has 2 N–H and O–H groups in total. The number of nitrogens with one attached hydrogen (secondary N) is 1. The minimum Gasteiger partial charge on any atom is -0.396 e. The predicted octanol–water partition coefficient (Wildman–Crippen LogP) is 3.35. The Hall–Kier alpha value is -0.860. The summed E-state index contributed by atoms with van der Waals surface area (Å²) in [6.45, 7) is 10.9. The van der Waals surface area contributed by atoms with Gasteiger partial charge in [0.05, 0.1) is 0 Å². The number of aliphatic hydroxyl groups excluding tert-OH is 1. The second-order valence-electron chi connectivity index (χ2n) is 6.22. The third kappa shape index (κ3) is 4.32. The standard InChI is InChI=1S/C17H29NO/c1-5-17(6-2,14-19)13-18-12-16(3,4)15-10-8-7-9-11-15/h7-11,18-19H,5-6,12-14H2,1-4H3. The highest BCUT2D eigenvalue weighted by molar-refractivity contribution is 5.23. The molecule has 0 aliphatic carbocycles. The summed E-state index contributed by atoms with van der Waals surface area (Å²) in [4.78, 5) is 0. The van der Waals surface area contributed by atoms with Crippen LogP contribution in [0.25, 0.3) is 0 Å². The summed E-state index contributed by atoms with van der Waals surface area (Å²) in [5, 5.41) is 13.1. The van der Waals surface area contributed by atoms with Gasteiger partial charge in [0.2, 0.25) is 0 Å². The van der Waals surface area contributed by atoms with Crippen LogP contribution in [-0.4, -0.2) is 24.8 Å². The fourth-order valence-electron chi connectivity index (χ4n) is 2.41. The van der Waals surface area contributed by atoms with Crippen molar-refractivity contribution < 1.29 is 5.11 Å². The maximum absolute atomic E-state index is 9.58. The molecule has 0 amide bonds. The largest absolute Gasteiger partial charge is 0.396 e. The van der Waals surface area contributed by atoms with Crippen molar-refractivity contribution in [2.45, 2.75) is 46.0 Å². The van der Waals surface area contributed by atoms with Crippen molar-refractivity contribution in [1.29, 1.82) is 0 Å². The van der Waals surface area contributed by atoms with Crippen LogP contribution < -0.4 is 5.32 Å². The molecule has 1 aromatic rings. The van der Waals surface area contributed by atoms with Crippen LogP contribution in [0.4, 0.5) is 0 Å². The molecular weight excluding hydrogens is 234 g/mol. The zero-order valence-corrected chi connectivity index (χ0v) is 12.9. The SMILES string of the molecule is CCC(CC)(CO)CNCC(C)(C)c1ccccc1. The molecule has 0 unspecified atom stereocenters. The summed E-state index contributed by atoms with van der Waals surface area (Å²) in [6.07, 6.45) is 2.03. The van der Waals surface area contributed by atoms with Gasteiger partial charge in [-0.25, -0.2) is 0 Å². The Morgan fingerprint density at radius 1 is 1.00 bits per heavy atom. The van der Waals surface area contributed by atoms with Crippen LogP contribution in [0.15, 0.2) is 30.3 Å². The fraction of sp³-hybridized carbons (Fsp3) is 0.647. The lowest BCUT2D eigenvalue weighted by Crippen LogP contribution is -2.41. The molecule has 0 saturated carbocycles. The highest BCUT2D eigenvalue weighted by atomic mass is 16.3. The van der Waals surface area contributed by atoms with E-state index in [1.807, 2.05) is 0 Å². The molecule has 0 heterocycles. The molecule has 1 rings (SSSR count). The molecule has 0 radical (unpaired) electrons. The molecule has 0 atom stereocenters. The summed E-state index contributed by atoms with van der Waals surface area (Å²) in [7, 11) is 0. The Labute approximate surface area is 118 Å². The monoisotopic (exact) mass is 263 g/mol. The van der Waals surface area contributed by atoms with E-state index < -0.39 is 0 Å². The summed E-state index contributed by atoms with van der Waals surface area (Å²) in [5.74, 6) is 0. The highest BCUT2D eigenvalue weighted by Gasteiger charge is 2.26. The molecule has 2 nitrogen and oxygen atoms in total. The minimum atomic E-state index is 0.0345. The number of aliphatic hydroxyl groups is 1. The van der Waals surface area contributed by atoms with Gasteiger partial charge in [-0.3, -0.25) is 0 Å². The van der Waals surface area contributed by atoms with Crippen molar-refractivity contribution in [2.24, 2.45) is 5.41 Å². The number of hydrogen-bond acceptors (Lipinski definition) is 2. The molecule has 108 valence electrons. The maximum Gasteiger partial charge on any atom is 0.0499 e. The molecule has 0 saturated heterocycles. The van der Waals surface area contributed by atoms with Gasteiger partial charge < -0.3 is 10.4 Å². The van der Waals surface area contributed by atoms with E-state index in [-0.39, 0.29) is 17.4 Å². The second-order valence-corrected chi connectivity index (χ2v) is 6.22. The summed E-state index contributed by atoms with van der Waals surface area (Å²) in [5.41, 5.74) is 1.50. The summed E-state index contributed by atoms with van der Waals surface area (Å²) in [6, 6.07) is 10.6. The Morgan fingerprint density at radius 2 is 1.58 bits per heavy atom. The van der Waals surface area contributed by atoms with Crippen molar-refractivity contribution in [1.82, 2.24) is 5.32 Å². The van der Waals surface area contributed by atoms with E-state index in [1.54, 1.807) is 0 Å². The van der Waals surface area contributed by atoms with Crippen molar-refractivity contribution in [3.63, 3.8) is 0 Å². The zero-order valence-electron chi connectivity index (χ0n) is 12.9. The topological polar surface area (TPSA) is 32.3 Å². The van der Waals surface area contributed by atoms with Crippen LogP contribution in [0.2, 0.25) is 0 Å². The van der Waals surface area contributed by atoms with Gasteiger partial charge in [0.1, 0.15) is 0 Å². The highest BCUT2D eigenvalue weighted by Crippen LogP contribution is 2.26. The Balaban J connectivity index is 2.57. The molecule has 0 aromatic heterocycles. The lowest BCUT2D eigenvalue weighted by molar-refractivity contribution is 0.112. The molecule has 2 heteroatoms. The third-order valence-electron chi connectivity index (χ3n) is 4.46. The molecule has 19 heavy (non-hydrogen) atoms. The summed E-state index contributed by atoms with van der Waals surface area (Å²) < 4.78 is 0. The van der Waals surface area contributed by atoms with Crippen molar-refractivity contribution in [3.05, 3.63) is 35.9 Å². The van der Waals surface area contributed by atoms with E-state index in [9.17, 15) is 5.11 Å². The molecule has 0 aliphatic heterocycles. The van der Waals surface area contributed by atoms with Crippen molar-refractivity contribution in [2.75, 3.05) is 19.7 Å². The van der Waals surface area contributed by atoms with Crippen LogP contribution in [0.3, 0.4) is 0 Å². The number of benzene rings is 1. The Kier molecular flexibility index (Phi) is 6.02. The van der Waals surface area contributed by atoms with Crippen LogP contribution in [0, 0.1) is 5.41 Å². The van der Waals surface area contributed by atoms with E-state index in [2.05, 4.69) is 63.3 Å². The zero-order chi connectivity index (χ0) is 14.4. The van der Waals surface area contributed by atoms with Crippen LogP contribution in [-0.2, 0) is 5.41 Å². The average molecular weight is 263 g/mol. The molecular formula is C17H29NO. The first-order chi connectivity index (χ1) is 8.99. The lowest BCUT2D eigenvalue weighted by Gasteiger charge is -2.32. The Bertz CT molecular complexity index is 347. The van der Waals surface area contributed by atoms with Gasteiger partial charge in [0.25, 0.3) is 0 Å². The third-order valence-corrected chi connectivity index (χ3v) is 4.46. The van der Waals surface area contributed by atoms with Gasteiger partial charge in [0.15, 0.2) is 0 Å². The van der Waals surface area contributed by atoms with Gasteiger partial charge in [-0.1, -0.05) is 58.0 Å². The molecule has 0 aliphatic rings. The van der Waals surface area contributed by atoms with E-state index in [1.165, 1.54) is 5.56 Å².